The van der Waals surface area contributed by atoms with Gasteiger partial charge in [0.1, 0.15) is 0 Å². The molecule has 0 bridgehead atoms. The van der Waals surface area contributed by atoms with Gasteiger partial charge in [0, 0.05) is 72.0 Å². The molecule has 0 aliphatic carbocycles. The van der Waals surface area contributed by atoms with Gasteiger partial charge in [0.2, 0.25) is 0 Å². The molecular weight excluding hydrogens is 1000 g/mol. The Balaban J connectivity index is 1.34. The van der Waals surface area contributed by atoms with Crippen LogP contribution in [0, 0.1) is 94.3 Å². The summed E-state index contributed by atoms with van der Waals surface area (Å²) in [5.74, 6) is 0.962. The summed E-state index contributed by atoms with van der Waals surface area (Å²) in [7, 11) is 0. The molecule has 11 aromatic rings. The predicted octanol–water partition coefficient (Wildman–Crippen LogP) is 16.1. The summed E-state index contributed by atoms with van der Waals surface area (Å²) in [6.07, 6.45) is 0. The van der Waals surface area contributed by atoms with Gasteiger partial charge in [-0.3, -0.25) is 0 Å². The lowest BCUT2D eigenvalue weighted by Gasteiger charge is -2.22. The highest BCUT2D eigenvalue weighted by molar-refractivity contribution is 6.14. The second kappa shape index (κ2) is 20.8. The quantitative estimate of drug-likeness (QED) is 0.133. The lowest BCUT2D eigenvalue weighted by atomic mass is 9.88. The van der Waals surface area contributed by atoms with E-state index in [9.17, 15) is 31.6 Å². The lowest BCUT2D eigenvalue weighted by Crippen LogP contribution is -2.05. The monoisotopic (exact) mass is 1030 g/mol. The van der Waals surface area contributed by atoms with Gasteiger partial charge in [-0.15, -0.1) is 0 Å². The van der Waals surface area contributed by atoms with Gasteiger partial charge in [-0.25, -0.2) is 34.3 Å². The minimum Gasteiger partial charge on any atom is -0.308 e. The first-order valence-corrected chi connectivity index (χ1v) is 24.4. The number of nitrogens with zero attached hydrogens (tertiary/aromatic N) is 14. The van der Waals surface area contributed by atoms with E-state index in [1.54, 1.807) is 36.4 Å². The fourth-order valence-corrected chi connectivity index (χ4v) is 10.1. The van der Waals surface area contributed by atoms with Crippen LogP contribution >= 0.6 is 0 Å². The molecule has 0 N–H and O–H groups in total. The molecule has 14 nitrogen and oxygen atoms in total. The molecular formula is C67H28N14. The summed E-state index contributed by atoms with van der Waals surface area (Å²) in [4.78, 5) is 29.8. The van der Waals surface area contributed by atoms with Gasteiger partial charge in [-0.1, -0.05) is 97.1 Å². The van der Waals surface area contributed by atoms with E-state index >= 15 is 0 Å². The molecule has 14 heteroatoms. The highest BCUT2D eigenvalue weighted by Gasteiger charge is 2.27. The van der Waals surface area contributed by atoms with Gasteiger partial charge in [0.05, 0.1) is 96.1 Å². The Hall–Kier alpha value is -13.3. The van der Waals surface area contributed by atoms with E-state index in [-0.39, 0.29) is 73.1 Å². The Bertz CT molecular complexity index is 4630. The zero-order chi connectivity index (χ0) is 56.3. The summed E-state index contributed by atoms with van der Waals surface area (Å²) in [5.41, 5.74) is 7.70. The highest BCUT2D eigenvalue weighted by atomic mass is 15.0. The van der Waals surface area contributed by atoms with Crippen LogP contribution in [0.4, 0.5) is 22.7 Å². The van der Waals surface area contributed by atoms with Crippen LogP contribution in [0.25, 0.3) is 126 Å². The van der Waals surface area contributed by atoms with Crippen LogP contribution in [-0.2, 0) is 0 Å². The molecule has 0 aliphatic heterocycles. The van der Waals surface area contributed by atoms with Crippen LogP contribution in [0.15, 0.2) is 170 Å². The van der Waals surface area contributed by atoms with Crippen molar-refractivity contribution in [3.63, 3.8) is 0 Å². The Labute approximate surface area is 463 Å². The Morgan fingerprint density at radius 3 is 1.30 bits per heavy atom. The molecule has 0 fully saturated rings. The topological polar surface area (TPSA) is 204 Å². The normalized spacial score (nSPS) is 10.3. The zero-order valence-corrected chi connectivity index (χ0v) is 41.9. The van der Waals surface area contributed by atoms with Crippen molar-refractivity contribution < 1.29 is 0 Å². The molecule has 2 heterocycles. The lowest BCUT2D eigenvalue weighted by molar-refractivity contribution is 1.07. The van der Waals surface area contributed by atoms with Crippen LogP contribution in [0.3, 0.4) is 0 Å². The molecule has 81 heavy (non-hydrogen) atoms. The summed E-state index contributed by atoms with van der Waals surface area (Å²) >= 11 is 0. The summed E-state index contributed by atoms with van der Waals surface area (Å²) in [6.45, 7) is 32.0. The molecule has 0 saturated heterocycles. The summed E-state index contributed by atoms with van der Waals surface area (Å²) in [6, 6.07) is 61.8. The van der Waals surface area contributed by atoms with E-state index in [2.05, 4.69) is 49.7 Å². The third-order valence-corrected chi connectivity index (χ3v) is 13.7. The standard InChI is InChI=1S/C67H28N14/c1-74-50-18-20-53(47(26-50)36-71)57-31-45(67-79-65(41-11-7-5-8-12-41)78-66(80-67)42-13-9-6-10-14-42)30-56(52-19-15-39(33-68)23-46(52)35-70)64(57)81-60-21-16-43(62-48(37-72)24-40(34-69)25-58(62)76-3)28-54(60)55-29-44(17-22-61(55)81)63-49(38-73)27-51(75-2)32-59(63)77-4/h5-32H. The van der Waals surface area contributed by atoms with Crippen molar-refractivity contribution in [3.8, 4) is 121 Å². The maximum atomic E-state index is 11.0. The third kappa shape index (κ3) is 8.74. The van der Waals surface area contributed by atoms with Crippen LogP contribution in [0.2, 0.25) is 0 Å². The molecule has 0 atom stereocenters. The summed E-state index contributed by atoms with van der Waals surface area (Å²) in [5, 5.41) is 64.2. The number of fused-ring (bicyclic) bond motifs is 3. The SMILES string of the molecule is [C-]#[N+]c1ccc(-c2cc(-c3nc(-c4ccccc4)nc(-c4ccccc4)n3)cc(-c3ccc(C#N)cc3C#N)c2-n2c3ccc(-c4c(C#N)cc(C#N)cc4[N+]#[C-])cc3c3cc(-c4c(C#N)cc([N+]#[C-])cc4[N+]#[C-])ccc32)c(C#N)c1. The molecule has 0 amide bonds. The first-order valence-electron chi connectivity index (χ1n) is 24.4. The van der Waals surface area contributed by atoms with Gasteiger partial charge < -0.3 is 4.57 Å². The maximum Gasteiger partial charge on any atom is 0.197 e. The van der Waals surface area contributed by atoms with Crippen LogP contribution < -0.4 is 0 Å². The molecule has 0 unspecified atom stereocenters. The van der Waals surface area contributed by atoms with Crippen molar-refractivity contribution in [2.45, 2.75) is 0 Å². The molecule has 11 rings (SSSR count). The first kappa shape index (κ1) is 49.9. The third-order valence-electron chi connectivity index (χ3n) is 13.7. The van der Waals surface area contributed by atoms with E-state index in [1.807, 2.05) is 108 Å². The number of benzene rings is 9. The van der Waals surface area contributed by atoms with Crippen molar-refractivity contribution in [1.29, 1.82) is 31.6 Å². The first-order chi connectivity index (χ1) is 39.7. The van der Waals surface area contributed by atoms with Crippen LogP contribution in [-0.4, -0.2) is 19.5 Å². The number of hydrogen-bond donors (Lipinski definition) is 0. The molecule has 9 aromatic carbocycles. The van der Waals surface area contributed by atoms with E-state index in [0.717, 1.165) is 0 Å². The molecule has 0 spiro atoms. The molecule has 0 aliphatic rings. The molecule has 0 saturated carbocycles. The summed E-state index contributed by atoms with van der Waals surface area (Å²) < 4.78 is 1.96. The zero-order valence-electron chi connectivity index (χ0n) is 41.9. The van der Waals surface area contributed by atoms with Crippen molar-refractivity contribution in [3.05, 3.63) is 249 Å². The van der Waals surface area contributed by atoms with Crippen LogP contribution in [0.5, 0.6) is 0 Å². The second-order valence-corrected chi connectivity index (χ2v) is 18.2. The van der Waals surface area contributed by atoms with E-state index in [0.29, 0.717) is 89.2 Å². The van der Waals surface area contributed by atoms with Gasteiger partial charge in [-0.2, -0.15) is 31.6 Å². The van der Waals surface area contributed by atoms with Gasteiger partial charge >= 0.3 is 0 Å². The van der Waals surface area contributed by atoms with Crippen LogP contribution in [0.1, 0.15) is 33.4 Å². The predicted molar refractivity (Wildman–Crippen MR) is 306 cm³/mol. The fraction of sp³-hybridized carbons (Fsp3) is 0. The minimum absolute atomic E-state index is 0.0655. The van der Waals surface area contributed by atoms with Crippen molar-refractivity contribution in [2.75, 3.05) is 0 Å². The number of hydrogen-bond acceptors (Lipinski definition) is 9. The minimum atomic E-state index is 0.0655. The van der Waals surface area contributed by atoms with E-state index in [4.69, 9.17) is 41.2 Å². The Morgan fingerprint density at radius 2 is 0.802 bits per heavy atom. The molecule has 366 valence electrons. The van der Waals surface area contributed by atoms with E-state index in [1.165, 1.54) is 36.4 Å². The van der Waals surface area contributed by atoms with Gasteiger partial charge in [0.15, 0.2) is 40.2 Å². The maximum absolute atomic E-state index is 11.0. The van der Waals surface area contributed by atoms with Gasteiger partial charge in [-0.05, 0) is 89.5 Å². The average molecular weight is 1030 g/mol. The van der Waals surface area contributed by atoms with Crippen molar-refractivity contribution in [2.24, 2.45) is 0 Å². The Kier molecular flexibility index (Phi) is 12.8. The van der Waals surface area contributed by atoms with E-state index < -0.39 is 0 Å². The highest BCUT2D eigenvalue weighted by Crippen LogP contribution is 2.48. The Morgan fingerprint density at radius 1 is 0.346 bits per heavy atom. The number of nitriles is 6. The largest absolute Gasteiger partial charge is 0.308 e. The smallest absolute Gasteiger partial charge is 0.197 e. The van der Waals surface area contributed by atoms with Gasteiger partial charge in [0.25, 0.3) is 0 Å². The number of aromatic nitrogens is 4. The van der Waals surface area contributed by atoms with Crippen molar-refractivity contribution in [1.82, 2.24) is 19.5 Å². The second-order valence-electron chi connectivity index (χ2n) is 18.2. The molecule has 2 aromatic heterocycles. The average Bonchev–Trinajstić information content (AvgIpc) is 4.02. The number of rotatable bonds is 8. The molecule has 0 radical (unpaired) electrons. The van der Waals surface area contributed by atoms with Crippen molar-refractivity contribution >= 4 is 44.6 Å². The fourth-order valence-electron chi connectivity index (χ4n) is 10.1.